The minimum Gasteiger partial charge on any atom is -0.462 e. The van der Waals surface area contributed by atoms with Crippen LogP contribution < -0.4 is 0 Å². The molecule has 0 amide bonds. The summed E-state index contributed by atoms with van der Waals surface area (Å²) >= 11 is 0. The lowest BCUT2D eigenvalue weighted by Crippen LogP contribution is -2.31. The van der Waals surface area contributed by atoms with Crippen molar-refractivity contribution in [2.75, 3.05) is 0 Å². The lowest BCUT2D eigenvalue weighted by atomic mass is 10.0. The highest BCUT2D eigenvalue weighted by atomic mass is 16.6. The van der Waals surface area contributed by atoms with E-state index in [1.807, 2.05) is 0 Å². The van der Waals surface area contributed by atoms with E-state index >= 15 is 0 Å². The average molecular weight is 256 g/mol. The first-order chi connectivity index (χ1) is 8.38. The number of ether oxygens (including phenoxy) is 2. The van der Waals surface area contributed by atoms with Gasteiger partial charge in [0.1, 0.15) is 0 Å². The molecule has 18 heavy (non-hydrogen) atoms. The second kappa shape index (κ2) is 8.72. The van der Waals surface area contributed by atoms with Gasteiger partial charge in [0, 0.05) is 0 Å². The number of carbonyl (C=O) groups excluding carboxylic acids is 2. The number of unbranched alkanes of at least 4 members (excludes halogenated alkanes) is 1. The summed E-state index contributed by atoms with van der Waals surface area (Å²) in [6, 6.07) is 0. The highest BCUT2D eigenvalue weighted by Gasteiger charge is 2.30. The van der Waals surface area contributed by atoms with Crippen molar-refractivity contribution in [3.63, 3.8) is 0 Å². The van der Waals surface area contributed by atoms with Gasteiger partial charge in [-0.25, -0.2) is 0 Å². The number of allylic oxidation sites excluding steroid dienone is 1. The second-order valence-electron chi connectivity index (χ2n) is 4.74. The molecule has 0 bridgehead atoms. The molecule has 0 fully saturated rings. The Morgan fingerprint density at radius 2 is 1.50 bits per heavy atom. The van der Waals surface area contributed by atoms with Gasteiger partial charge >= 0.3 is 11.9 Å². The van der Waals surface area contributed by atoms with E-state index in [4.69, 9.17) is 9.47 Å². The minimum absolute atomic E-state index is 0.230. The summed E-state index contributed by atoms with van der Waals surface area (Å²) in [5, 5.41) is 0. The summed E-state index contributed by atoms with van der Waals surface area (Å²) in [7, 11) is 0. The van der Waals surface area contributed by atoms with Crippen molar-refractivity contribution in [3.8, 4) is 0 Å². The molecule has 4 heteroatoms. The summed E-state index contributed by atoms with van der Waals surface area (Å²) in [4.78, 5) is 23.6. The molecule has 0 unspecified atom stereocenters. The molecule has 0 N–H and O–H groups in total. The highest BCUT2D eigenvalue weighted by molar-refractivity contribution is 5.95. The van der Waals surface area contributed by atoms with Gasteiger partial charge in [0.25, 0.3) is 0 Å². The van der Waals surface area contributed by atoms with Crippen LogP contribution in [0.1, 0.15) is 47.0 Å². The monoisotopic (exact) mass is 256 g/mol. The summed E-state index contributed by atoms with van der Waals surface area (Å²) in [6.45, 7) is 10.6. The number of esters is 2. The normalized spacial score (nSPS) is 10.8. The maximum atomic E-state index is 11.8. The zero-order chi connectivity index (χ0) is 14.1. The van der Waals surface area contributed by atoms with Crippen molar-refractivity contribution in [2.45, 2.75) is 59.2 Å². The predicted octanol–water partition coefficient (Wildman–Crippen LogP) is 2.86. The number of carbonyl (C=O) groups is 2. The van der Waals surface area contributed by atoms with Gasteiger partial charge in [0.2, 0.25) is 0 Å². The smallest absolute Gasteiger partial charge is 0.320 e. The van der Waals surface area contributed by atoms with E-state index in [0.717, 1.165) is 6.42 Å². The summed E-state index contributed by atoms with van der Waals surface area (Å²) in [5.41, 5.74) is 0. The van der Waals surface area contributed by atoms with E-state index in [2.05, 4.69) is 6.58 Å². The van der Waals surface area contributed by atoms with Crippen LogP contribution in [0, 0.1) is 5.92 Å². The first-order valence-corrected chi connectivity index (χ1v) is 6.40. The van der Waals surface area contributed by atoms with Gasteiger partial charge in [-0.2, -0.15) is 0 Å². The van der Waals surface area contributed by atoms with Gasteiger partial charge in [-0.1, -0.05) is 6.08 Å². The van der Waals surface area contributed by atoms with Crippen LogP contribution >= 0.6 is 0 Å². The lowest BCUT2D eigenvalue weighted by Gasteiger charge is -2.18. The van der Waals surface area contributed by atoms with Crippen molar-refractivity contribution in [1.29, 1.82) is 0 Å². The van der Waals surface area contributed by atoms with Crippen LogP contribution in [0.3, 0.4) is 0 Å². The van der Waals surface area contributed by atoms with Crippen molar-refractivity contribution in [1.82, 2.24) is 0 Å². The van der Waals surface area contributed by atoms with Crippen LogP contribution in [-0.2, 0) is 19.1 Å². The molecular weight excluding hydrogens is 232 g/mol. The van der Waals surface area contributed by atoms with Crippen LogP contribution in [0.25, 0.3) is 0 Å². The standard InChI is InChI=1S/C14H24O4/c1-6-7-8-9-12(13(15)17-10(2)3)14(16)18-11(4)5/h6,10-12H,1,7-9H2,2-5H3. The Labute approximate surface area is 109 Å². The molecule has 0 aromatic rings. The molecule has 0 aliphatic rings. The maximum Gasteiger partial charge on any atom is 0.320 e. The molecule has 104 valence electrons. The molecule has 0 saturated heterocycles. The Balaban J connectivity index is 4.54. The molecular formula is C14H24O4. The fourth-order valence-electron chi connectivity index (χ4n) is 1.43. The van der Waals surface area contributed by atoms with Gasteiger partial charge in [0.15, 0.2) is 5.92 Å². The summed E-state index contributed by atoms with van der Waals surface area (Å²) in [5.74, 6) is -1.82. The number of hydrogen-bond acceptors (Lipinski definition) is 4. The van der Waals surface area contributed by atoms with Crippen LogP contribution in [-0.4, -0.2) is 24.1 Å². The second-order valence-corrected chi connectivity index (χ2v) is 4.74. The van der Waals surface area contributed by atoms with Crippen LogP contribution in [0.5, 0.6) is 0 Å². The third-order valence-electron chi connectivity index (χ3n) is 2.17. The van der Waals surface area contributed by atoms with Crippen LogP contribution in [0.2, 0.25) is 0 Å². The van der Waals surface area contributed by atoms with Crippen LogP contribution in [0.15, 0.2) is 12.7 Å². The predicted molar refractivity (Wildman–Crippen MR) is 70.0 cm³/mol. The van der Waals surface area contributed by atoms with E-state index in [-0.39, 0.29) is 12.2 Å². The minimum atomic E-state index is -0.824. The maximum absolute atomic E-state index is 11.8. The first kappa shape index (κ1) is 16.7. The molecule has 0 saturated carbocycles. The fourth-order valence-corrected chi connectivity index (χ4v) is 1.43. The van der Waals surface area contributed by atoms with Gasteiger partial charge in [-0.05, 0) is 47.0 Å². The molecule has 0 heterocycles. The van der Waals surface area contributed by atoms with Gasteiger partial charge in [-0.15, -0.1) is 6.58 Å². The third kappa shape index (κ3) is 7.09. The quantitative estimate of drug-likeness (QED) is 0.290. The van der Waals surface area contributed by atoms with Gasteiger partial charge in [-0.3, -0.25) is 9.59 Å². The molecule has 0 aliphatic heterocycles. The Hall–Kier alpha value is -1.32. The van der Waals surface area contributed by atoms with Crippen molar-refractivity contribution < 1.29 is 19.1 Å². The molecule has 0 aliphatic carbocycles. The molecule has 0 aromatic carbocycles. The Morgan fingerprint density at radius 1 is 1.06 bits per heavy atom. The topological polar surface area (TPSA) is 52.6 Å². The van der Waals surface area contributed by atoms with E-state index in [0.29, 0.717) is 12.8 Å². The number of rotatable bonds is 8. The zero-order valence-electron chi connectivity index (χ0n) is 11.8. The Kier molecular flexibility index (Phi) is 8.08. The third-order valence-corrected chi connectivity index (χ3v) is 2.17. The molecule has 0 spiro atoms. The zero-order valence-corrected chi connectivity index (χ0v) is 11.8. The first-order valence-electron chi connectivity index (χ1n) is 6.40. The molecule has 0 aromatic heterocycles. The molecule has 4 nitrogen and oxygen atoms in total. The largest absolute Gasteiger partial charge is 0.462 e. The van der Waals surface area contributed by atoms with E-state index in [9.17, 15) is 9.59 Å². The SMILES string of the molecule is C=CCCCC(C(=O)OC(C)C)C(=O)OC(C)C. The average Bonchev–Trinajstić information content (AvgIpc) is 2.21. The highest BCUT2D eigenvalue weighted by Crippen LogP contribution is 2.15. The lowest BCUT2D eigenvalue weighted by molar-refractivity contribution is -0.166. The molecule has 0 atom stereocenters. The fraction of sp³-hybridized carbons (Fsp3) is 0.714. The van der Waals surface area contributed by atoms with E-state index in [1.54, 1.807) is 33.8 Å². The molecule has 0 radical (unpaired) electrons. The summed E-state index contributed by atoms with van der Waals surface area (Å²) in [6.07, 6.45) is 3.22. The molecule has 0 rings (SSSR count). The van der Waals surface area contributed by atoms with Crippen LogP contribution in [0.4, 0.5) is 0 Å². The number of hydrogen-bond donors (Lipinski definition) is 0. The van der Waals surface area contributed by atoms with Crippen molar-refractivity contribution >= 4 is 11.9 Å². The summed E-state index contributed by atoms with van der Waals surface area (Å²) < 4.78 is 10.2. The van der Waals surface area contributed by atoms with E-state index in [1.165, 1.54) is 0 Å². The Morgan fingerprint density at radius 3 is 1.83 bits per heavy atom. The van der Waals surface area contributed by atoms with Gasteiger partial charge in [0.05, 0.1) is 12.2 Å². The Bertz CT molecular complexity index is 260. The van der Waals surface area contributed by atoms with E-state index < -0.39 is 17.9 Å². The van der Waals surface area contributed by atoms with Gasteiger partial charge < -0.3 is 9.47 Å². The van der Waals surface area contributed by atoms with Crippen molar-refractivity contribution in [3.05, 3.63) is 12.7 Å². The van der Waals surface area contributed by atoms with Crippen molar-refractivity contribution in [2.24, 2.45) is 5.92 Å².